The Bertz CT molecular complexity index is 294. The van der Waals surface area contributed by atoms with Crippen LogP contribution in [0.3, 0.4) is 0 Å². The fourth-order valence-electron chi connectivity index (χ4n) is 3.01. The lowest BCUT2D eigenvalue weighted by Gasteiger charge is -2.45. The minimum absolute atomic E-state index is 0.168. The van der Waals surface area contributed by atoms with E-state index >= 15 is 0 Å². The predicted molar refractivity (Wildman–Crippen MR) is 83.6 cm³/mol. The van der Waals surface area contributed by atoms with Crippen LogP contribution in [0.15, 0.2) is 0 Å². The van der Waals surface area contributed by atoms with Gasteiger partial charge in [-0.2, -0.15) is 0 Å². The topological polar surface area (TPSA) is 52.8 Å². The number of likely N-dealkylation sites (N-methyl/N-ethyl adjacent to an activating group) is 1. The van der Waals surface area contributed by atoms with Gasteiger partial charge in [-0.1, -0.05) is 0 Å². The predicted octanol–water partition coefficient (Wildman–Crippen LogP) is 0.597. The smallest absolute Gasteiger partial charge is 0.224 e. The molecule has 1 amide bonds. The summed E-state index contributed by atoms with van der Waals surface area (Å²) < 4.78 is 0. The van der Waals surface area contributed by atoms with E-state index in [0.717, 1.165) is 26.2 Å². The van der Waals surface area contributed by atoms with Gasteiger partial charge >= 0.3 is 0 Å². The van der Waals surface area contributed by atoms with E-state index in [-0.39, 0.29) is 11.9 Å². The third-order valence-corrected chi connectivity index (χ3v) is 4.70. The van der Waals surface area contributed by atoms with Crippen LogP contribution in [0.25, 0.3) is 0 Å². The van der Waals surface area contributed by atoms with Gasteiger partial charge in [0.15, 0.2) is 0 Å². The van der Waals surface area contributed by atoms with Crippen molar-refractivity contribution in [1.29, 1.82) is 0 Å². The summed E-state index contributed by atoms with van der Waals surface area (Å²) in [5.41, 5.74) is 5.93. The number of hydrogen-bond acceptors (Lipinski definition) is 4. The third-order valence-electron chi connectivity index (χ3n) is 4.70. The second-order valence-corrected chi connectivity index (χ2v) is 5.98. The van der Waals surface area contributed by atoms with Crippen LogP contribution in [0.1, 0.15) is 34.1 Å². The summed E-state index contributed by atoms with van der Waals surface area (Å²) in [6.45, 7) is 12.6. The van der Waals surface area contributed by atoms with Crippen molar-refractivity contribution in [3.63, 3.8) is 0 Å². The Morgan fingerprint density at radius 2 is 1.75 bits per heavy atom. The second-order valence-electron chi connectivity index (χ2n) is 5.98. The van der Waals surface area contributed by atoms with Crippen LogP contribution in [0.5, 0.6) is 0 Å². The van der Waals surface area contributed by atoms with Gasteiger partial charge in [0.2, 0.25) is 5.91 Å². The van der Waals surface area contributed by atoms with Gasteiger partial charge < -0.3 is 10.6 Å². The van der Waals surface area contributed by atoms with Gasteiger partial charge in [-0.05, 0) is 34.7 Å². The normalized spacial score (nSPS) is 26.5. The lowest BCUT2D eigenvalue weighted by Crippen LogP contribution is -2.59. The Kier molecular flexibility index (Phi) is 6.92. The largest absolute Gasteiger partial charge is 0.343 e. The first kappa shape index (κ1) is 17.4. The number of rotatable bonds is 6. The zero-order valence-electron chi connectivity index (χ0n) is 13.8. The van der Waals surface area contributed by atoms with E-state index in [1.54, 1.807) is 0 Å². The van der Waals surface area contributed by atoms with E-state index in [9.17, 15) is 4.79 Å². The van der Waals surface area contributed by atoms with Gasteiger partial charge in [-0.25, -0.2) is 0 Å². The summed E-state index contributed by atoms with van der Waals surface area (Å²) in [5.74, 6) is 0.227. The van der Waals surface area contributed by atoms with E-state index in [4.69, 9.17) is 5.73 Å². The highest BCUT2D eigenvalue weighted by Crippen LogP contribution is 2.17. The fraction of sp³-hybridized carbons (Fsp3) is 0.933. The average Bonchev–Trinajstić information content (AvgIpc) is 2.42. The highest BCUT2D eigenvalue weighted by Gasteiger charge is 2.31. The Labute approximate surface area is 124 Å². The van der Waals surface area contributed by atoms with Crippen molar-refractivity contribution < 1.29 is 4.79 Å². The van der Waals surface area contributed by atoms with E-state index in [2.05, 4.69) is 30.7 Å². The molecule has 1 saturated heterocycles. The van der Waals surface area contributed by atoms with Crippen molar-refractivity contribution in [2.75, 3.05) is 39.8 Å². The monoisotopic (exact) mass is 284 g/mol. The molecule has 3 atom stereocenters. The summed E-state index contributed by atoms with van der Waals surface area (Å²) in [6, 6.07) is 1.19. The van der Waals surface area contributed by atoms with Crippen LogP contribution in [0.4, 0.5) is 0 Å². The van der Waals surface area contributed by atoms with Gasteiger partial charge in [0.05, 0.1) is 0 Å². The molecule has 1 rings (SSSR count). The number of carbonyl (C=O) groups is 1. The Balaban J connectivity index is 2.64. The molecule has 0 aromatic carbocycles. The highest BCUT2D eigenvalue weighted by atomic mass is 16.2. The Morgan fingerprint density at radius 3 is 2.15 bits per heavy atom. The SMILES string of the molecule is CCN(CC)C(=O)CC(CN)N1CC(C)N(C)C(C)C1. The molecule has 0 saturated carbocycles. The number of amides is 1. The molecular formula is C15H32N4O. The molecule has 5 nitrogen and oxygen atoms in total. The molecule has 0 aromatic rings. The number of hydrogen-bond donors (Lipinski definition) is 1. The third kappa shape index (κ3) is 4.17. The zero-order valence-corrected chi connectivity index (χ0v) is 13.8. The molecule has 2 N–H and O–H groups in total. The summed E-state index contributed by atoms with van der Waals surface area (Å²) >= 11 is 0. The van der Waals surface area contributed by atoms with Crippen LogP contribution < -0.4 is 5.73 Å². The molecule has 20 heavy (non-hydrogen) atoms. The van der Waals surface area contributed by atoms with Crippen LogP contribution in [-0.4, -0.2) is 78.5 Å². The van der Waals surface area contributed by atoms with Crippen molar-refractivity contribution in [1.82, 2.24) is 14.7 Å². The number of piperazine rings is 1. The standard InChI is InChI=1S/C15H32N4O/c1-6-18(7-2)15(20)8-14(9-16)19-10-12(3)17(5)13(4)11-19/h12-14H,6-11,16H2,1-5H3. The molecule has 1 fully saturated rings. The molecule has 5 heteroatoms. The van der Waals surface area contributed by atoms with Crippen molar-refractivity contribution in [3.8, 4) is 0 Å². The zero-order chi connectivity index (χ0) is 15.3. The van der Waals surface area contributed by atoms with E-state index in [1.807, 2.05) is 18.7 Å². The minimum Gasteiger partial charge on any atom is -0.343 e. The Morgan fingerprint density at radius 1 is 1.25 bits per heavy atom. The van der Waals surface area contributed by atoms with Crippen molar-refractivity contribution in [3.05, 3.63) is 0 Å². The van der Waals surface area contributed by atoms with E-state index in [1.165, 1.54) is 0 Å². The van der Waals surface area contributed by atoms with E-state index < -0.39 is 0 Å². The first-order valence-corrected chi connectivity index (χ1v) is 7.88. The maximum absolute atomic E-state index is 12.3. The van der Waals surface area contributed by atoms with Crippen molar-refractivity contribution in [2.24, 2.45) is 5.73 Å². The lowest BCUT2D eigenvalue weighted by atomic mass is 10.0. The van der Waals surface area contributed by atoms with Crippen molar-refractivity contribution >= 4 is 5.91 Å². The maximum Gasteiger partial charge on any atom is 0.224 e. The molecular weight excluding hydrogens is 252 g/mol. The first-order valence-electron chi connectivity index (χ1n) is 7.88. The number of nitrogens with zero attached hydrogens (tertiary/aromatic N) is 3. The summed E-state index contributed by atoms with van der Waals surface area (Å²) in [5, 5.41) is 0. The summed E-state index contributed by atoms with van der Waals surface area (Å²) in [7, 11) is 2.17. The van der Waals surface area contributed by atoms with Crippen LogP contribution in [0, 0.1) is 0 Å². The van der Waals surface area contributed by atoms with Gasteiger partial charge in [0.1, 0.15) is 0 Å². The number of carbonyl (C=O) groups excluding carboxylic acids is 1. The van der Waals surface area contributed by atoms with Crippen LogP contribution >= 0.6 is 0 Å². The highest BCUT2D eigenvalue weighted by molar-refractivity contribution is 5.76. The summed E-state index contributed by atoms with van der Waals surface area (Å²) in [6.07, 6.45) is 0.543. The molecule has 118 valence electrons. The molecule has 1 aliphatic rings. The Hall–Kier alpha value is -0.650. The molecule has 0 spiro atoms. The number of nitrogens with two attached hydrogens (primary N) is 1. The molecule has 3 unspecified atom stereocenters. The molecule has 0 aromatic heterocycles. The van der Waals surface area contributed by atoms with Crippen LogP contribution in [0.2, 0.25) is 0 Å². The minimum atomic E-state index is 0.168. The quantitative estimate of drug-likeness (QED) is 0.776. The molecule has 1 aliphatic heterocycles. The van der Waals surface area contributed by atoms with Gasteiger partial charge in [-0.15, -0.1) is 0 Å². The van der Waals surface area contributed by atoms with Gasteiger partial charge in [-0.3, -0.25) is 14.6 Å². The second kappa shape index (κ2) is 7.96. The molecule has 0 aliphatic carbocycles. The fourth-order valence-corrected chi connectivity index (χ4v) is 3.01. The maximum atomic E-state index is 12.3. The van der Waals surface area contributed by atoms with Crippen LogP contribution in [-0.2, 0) is 4.79 Å². The summed E-state index contributed by atoms with van der Waals surface area (Å²) in [4.78, 5) is 19.0. The van der Waals surface area contributed by atoms with Gasteiger partial charge in [0, 0.05) is 57.3 Å². The van der Waals surface area contributed by atoms with Crippen molar-refractivity contribution in [2.45, 2.75) is 52.2 Å². The first-order chi connectivity index (χ1) is 9.44. The molecule has 0 radical (unpaired) electrons. The average molecular weight is 284 g/mol. The molecule has 0 bridgehead atoms. The lowest BCUT2D eigenvalue weighted by molar-refractivity contribution is -0.132. The molecule has 1 heterocycles. The van der Waals surface area contributed by atoms with Gasteiger partial charge in [0.25, 0.3) is 0 Å². The van der Waals surface area contributed by atoms with E-state index in [0.29, 0.717) is 25.0 Å².